The van der Waals surface area contributed by atoms with E-state index in [1.807, 2.05) is 16.9 Å². The molecule has 8 atom stereocenters. The molecule has 4 nitrogen and oxygen atoms in total. The topological polar surface area (TPSA) is 47.8 Å². The van der Waals surface area contributed by atoms with E-state index < -0.39 is 0 Å². The number of halogens is 1. The van der Waals surface area contributed by atoms with E-state index >= 15 is 0 Å². The molecule has 0 radical (unpaired) electrons. The Morgan fingerprint density at radius 2 is 1.86 bits per heavy atom. The SMILES string of the molecule is CCC12CCC3CC(C)CCC3(C)C1CCC1(C)C(C(=O)Cn3cc4cc(Cl)ncc4n3)CCC12. The first-order valence-corrected chi connectivity index (χ1v) is 14.6. The summed E-state index contributed by atoms with van der Waals surface area (Å²) >= 11 is 6.06. The fraction of sp³-hybridized carbons (Fsp3) is 0.767. The molecule has 35 heavy (non-hydrogen) atoms. The van der Waals surface area contributed by atoms with Crippen molar-refractivity contribution in [2.45, 2.75) is 98.4 Å². The van der Waals surface area contributed by atoms with E-state index in [-0.39, 0.29) is 11.3 Å². The minimum absolute atomic E-state index is 0.131. The molecule has 0 saturated heterocycles. The molecule has 0 aliphatic heterocycles. The second-order valence-electron chi connectivity index (χ2n) is 13.3. The van der Waals surface area contributed by atoms with E-state index in [4.69, 9.17) is 11.6 Å². The van der Waals surface area contributed by atoms with Gasteiger partial charge in [0.1, 0.15) is 10.7 Å². The van der Waals surface area contributed by atoms with E-state index in [9.17, 15) is 4.79 Å². The lowest BCUT2D eigenvalue weighted by molar-refractivity contribution is -0.180. The van der Waals surface area contributed by atoms with Crippen LogP contribution in [0.2, 0.25) is 5.15 Å². The Morgan fingerprint density at radius 3 is 2.66 bits per heavy atom. The van der Waals surface area contributed by atoms with Gasteiger partial charge < -0.3 is 0 Å². The van der Waals surface area contributed by atoms with Crippen molar-refractivity contribution in [2.24, 2.45) is 45.8 Å². The zero-order valence-corrected chi connectivity index (χ0v) is 22.8. The summed E-state index contributed by atoms with van der Waals surface area (Å²) in [7, 11) is 0. The second kappa shape index (κ2) is 8.30. The number of rotatable bonds is 4. The van der Waals surface area contributed by atoms with Gasteiger partial charge in [-0.2, -0.15) is 5.10 Å². The molecule has 0 amide bonds. The Morgan fingerprint density at radius 1 is 1.09 bits per heavy atom. The maximum Gasteiger partial charge on any atom is 0.157 e. The Balaban J connectivity index is 1.26. The molecule has 4 saturated carbocycles. The summed E-state index contributed by atoms with van der Waals surface area (Å²) in [6.45, 7) is 10.5. The number of carbonyl (C=O) groups is 1. The van der Waals surface area contributed by atoms with E-state index in [1.165, 1.54) is 57.8 Å². The summed E-state index contributed by atoms with van der Waals surface area (Å²) in [6.07, 6.45) is 16.8. The quantitative estimate of drug-likeness (QED) is 0.407. The Bertz CT molecular complexity index is 1140. The first-order chi connectivity index (χ1) is 16.7. The normalized spacial score (nSPS) is 42.9. The molecule has 5 heteroatoms. The first-order valence-electron chi connectivity index (χ1n) is 14.2. The van der Waals surface area contributed by atoms with Crippen molar-refractivity contribution in [1.82, 2.24) is 14.8 Å². The summed E-state index contributed by atoms with van der Waals surface area (Å²) in [4.78, 5) is 17.9. The first kappa shape index (κ1) is 23.9. The predicted molar refractivity (Wildman–Crippen MR) is 141 cm³/mol. The standard InChI is InChI=1S/C30H42ClN3O/c1-5-30-13-9-21-14-19(2)8-11-28(21,3)26(30)10-12-29(4)22(6-7-25(29)30)24(35)18-34-17-20-15-27(31)32-16-23(20)33-34/h15-17,19,21-22,25-26H,5-14,18H2,1-4H3. The Hall–Kier alpha value is -1.42. The van der Waals surface area contributed by atoms with Crippen molar-refractivity contribution in [3.63, 3.8) is 0 Å². The highest BCUT2D eigenvalue weighted by atomic mass is 35.5. The van der Waals surface area contributed by atoms with Gasteiger partial charge in [-0.25, -0.2) is 4.98 Å². The van der Waals surface area contributed by atoms with Crippen LogP contribution in [0, 0.1) is 45.8 Å². The van der Waals surface area contributed by atoms with E-state index in [0.717, 1.165) is 35.1 Å². The summed E-state index contributed by atoms with van der Waals surface area (Å²) in [5, 5.41) is 6.04. The smallest absolute Gasteiger partial charge is 0.157 e. The van der Waals surface area contributed by atoms with Crippen molar-refractivity contribution in [1.29, 1.82) is 0 Å². The van der Waals surface area contributed by atoms with E-state index in [1.54, 1.807) is 6.20 Å². The molecule has 0 N–H and O–H groups in total. The van der Waals surface area contributed by atoms with Crippen molar-refractivity contribution < 1.29 is 4.79 Å². The lowest BCUT2D eigenvalue weighted by Crippen LogP contribution is -2.59. The number of carbonyl (C=O) groups excluding carboxylic acids is 1. The summed E-state index contributed by atoms with van der Waals surface area (Å²) in [5.41, 5.74) is 1.87. The molecule has 8 unspecified atom stereocenters. The van der Waals surface area contributed by atoms with Crippen LogP contribution in [0.1, 0.15) is 91.9 Å². The van der Waals surface area contributed by atoms with E-state index in [0.29, 0.717) is 34.2 Å². The number of nitrogens with zero attached hydrogens (tertiary/aromatic N) is 3. The molecule has 0 bridgehead atoms. The van der Waals surface area contributed by atoms with Crippen molar-refractivity contribution in [2.75, 3.05) is 0 Å². The number of Topliss-reactive ketones (excluding diaryl/α,β-unsaturated/α-hetero) is 1. The number of ketones is 1. The maximum atomic E-state index is 13.8. The average molecular weight is 496 g/mol. The van der Waals surface area contributed by atoms with Crippen LogP contribution in [0.3, 0.4) is 0 Å². The van der Waals surface area contributed by atoms with Crippen LogP contribution in [0.5, 0.6) is 0 Å². The highest BCUT2D eigenvalue weighted by molar-refractivity contribution is 6.30. The lowest BCUT2D eigenvalue weighted by Gasteiger charge is -2.67. The fourth-order valence-electron chi connectivity index (χ4n) is 10.3. The monoisotopic (exact) mass is 495 g/mol. The zero-order valence-electron chi connectivity index (χ0n) is 22.0. The van der Waals surface area contributed by atoms with Crippen LogP contribution in [0.15, 0.2) is 18.5 Å². The van der Waals surface area contributed by atoms with Gasteiger partial charge in [-0.1, -0.05) is 45.7 Å². The van der Waals surface area contributed by atoms with Gasteiger partial charge in [-0.15, -0.1) is 0 Å². The van der Waals surface area contributed by atoms with Crippen molar-refractivity contribution in [3.05, 3.63) is 23.6 Å². The highest BCUT2D eigenvalue weighted by Crippen LogP contribution is 2.73. The number of hydrogen-bond donors (Lipinski definition) is 0. The number of aromatic nitrogens is 3. The lowest BCUT2D eigenvalue weighted by atomic mass is 9.38. The van der Waals surface area contributed by atoms with Gasteiger partial charge in [0.2, 0.25) is 0 Å². The third kappa shape index (κ3) is 3.48. The van der Waals surface area contributed by atoms with Gasteiger partial charge >= 0.3 is 0 Å². The van der Waals surface area contributed by atoms with Crippen LogP contribution < -0.4 is 0 Å². The maximum absolute atomic E-state index is 13.8. The molecule has 6 rings (SSSR count). The molecule has 2 aromatic heterocycles. The minimum Gasteiger partial charge on any atom is -0.297 e. The second-order valence-corrected chi connectivity index (χ2v) is 13.7. The summed E-state index contributed by atoms with van der Waals surface area (Å²) in [6, 6.07) is 1.83. The summed E-state index contributed by atoms with van der Waals surface area (Å²) in [5.74, 6) is 3.86. The Labute approximate surface area is 215 Å². The molecular formula is C30H42ClN3O. The molecule has 190 valence electrons. The molecule has 4 fully saturated rings. The molecule has 2 heterocycles. The van der Waals surface area contributed by atoms with Gasteiger partial charge in [0, 0.05) is 17.5 Å². The number of hydrogen-bond acceptors (Lipinski definition) is 3. The molecule has 4 aliphatic carbocycles. The van der Waals surface area contributed by atoms with Gasteiger partial charge in [0.25, 0.3) is 0 Å². The molecule has 0 aromatic carbocycles. The van der Waals surface area contributed by atoms with Crippen LogP contribution in [0.4, 0.5) is 0 Å². The van der Waals surface area contributed by atoms with E-state index in [2.05, 4.69) is 37.8 Å². The van der Waals surface area contributed by atoms with Gasteiger partial charge in [0.05, 0.1) is 12.7 Å². The number of fused-ring (bicyclic) bond motifs is 6. The number of pyridine rings is 1. The Kier molecular flexibility index (Phi) is 5.68. The largest absolute Gasteiger partial charge is 0.297 e. The molecule has 0 spiro atoms. The van der Waals surface area contributed by atoms with Crippen LogP contribution >= 0.6 is 11.6 Å². The van der Waals surface area contributed by atoms with Crippen molar-refractivity contribution >= 4 is 28.3 Å². The summed E-state index contributed by atoms with van der Waals surface area (Å²) < 4.78 is 1.82. The fourth-order valence-corrected chi connectivity index (χ4v) is 10.5. The van der Waals surface area contributed by atoms with Gasteiger partial charge in [0.15, 0.2) is 5.78 Å². The van der Waals surface area contributed by atoms with Crippen LogP contribution in [-0.4, -0.2) is 20.5 Å². The van der Waals surface area contributed by atoms with Gasteiger partial charge in [-0.05, 0) is 104 Å². The zero-order chi connectivity index (χ0) is 24.6. The minimum atomic E-state index is 0.131. The molecular weight excluding hydrogens is 454 g/mol. The molecule has 2 aromatic rings. The molecule has 4 aliphatic rings. The predicted octanol–water partition coefficient (Wildman–Crippen LogP) is 7.73. The van der Waals surface area contributed by atoms with Crippen LogP contribution in [0.25, 0.3) is 10.9 Å². The van der Waals surface area contributed by atoms with Crippen molar-refractivity contribution in [3.8, 4) is 0 Å². The third-order valence-corrected chi connectivity index (χ3v) is 12.2. The average Bonchev–Trinajstić information content (AvgIpc) is 3.39. The van der Waals surface area contributed by atoms with Crippen LogP contribution in [-0.2, 0) is 11.3 Å². The third-order valence-electron chi connectivity index (χ3n) is 12.0. The van der Waals surface area contributed by atoms with Gasteiger partial charge in [-0.3, -0.25) is 9.48 Å². The highest BCUT2D eigenvalue weighted by Gasteiger charge is 2.66.